The maximum atomic E-state index is 12.4. The largest absolute Gasteiger partial charge is 0.497 e. The molecule has 154 valence electrons. The van der Waals surface area contributed by atoms with Gasteiger partial charge in [0.05, 0.1) is 7.11 Å². The van der Waals surface area contributed by atoms with Crippen molar-refractivity contribution in [3.05, 3.63) is 54.1 Å². The lowest BCUT2D eigenvalue weighted by Gasteiger charge is -2.34. The van der Waals surface area contributed by atoms with Crippen molar-refractivity contribution < 1.29 is 23.8 Å². The Morgan fingerprint density at radius 2 is 1.10 bits per heavy atom. The van der Waals surface area contributed by atoms with Crippen LogP contribution in [0.1, 0.15) is 5.56 Å². The minimum absolute atomic E-state index is 0.00239. The van der Waals surface area contributed by atoms with Gasteiger partial charge in [-0.1, -0.05) is 17.7 Å². The van der Waals surface area contributed by atoms with E-state index in [1.54, 1.807) is 41.2 Å². The van der Waals surface area contributed by atoms with Crippen LogP contribution in [0.2, 0.25) is 0 Å². The first-order valence-corrected chi connectivity index (χ1v) is 9.57. The number of hydrogen-bond acceptors (Lipinski definition) is 5. The molecule has 1 aliphatic heterocycles. The van der Waals surface area contributed by atoms with Gasteiger partial charge in [0.2, 0.25) is 0 Å². The molecule has 1 saturated heterocycles. The molecule has 1 heterocycles. The number of hydrogen-bond donors (Lipinski definition) is 0. The van der Waals surface area contributed by atoms with Gasteiger partial charge >= 0.3 is 0 Å². The van der Waals surface area contributed by atoms with E-state index in [0.29, 0.717) is 37.7 Å². The number of piperazine rings is 1. The van der Waals surface area contributed by atoms with Gasteiger partial charge in [-0.2, -0.15) is 0 Å². The highest BCUT2D eigenvalue weighted by molar-refractivity contribution is 5.80. The Morgan fingerprint density at radius 1 is 0.724 bits per heavy atom. The minimum atomic E-state index is -0.0937. The zero-order valence-corrected chi connectivity index (χ0v) is 16.8. The van der Waals surface area contributed by atoms with Gasteiger partial charge in [-0.25, -0.2) is 0 Å². The minimum Gasteiger partial charge on any atom is -0.497 e. The molecule has 0 unspecified atom stereocenters. The normalized spacial score (nSPS) is 13.7. The molecule has 1 fully saturated rings. The van der Waals surface area contributed by atoms with Crippen molar-refractivity contribution in [1.82, 2.24) is 9.80 Å². The van der Waals surface area contributed by atoms with Crippen LogP contribution in [0.3, 0.4) is 0 Å². The van der Waals surface area contributed by atoms with E-state index in [0.717, 1.165) is 11.3 Å². The Kier molecular flexibility index (Phi) is 6.94. The van der Waals surface area contributed by atoms with E-state index >= 15 is 0 Å². The van der Waals surface area contributed by atoms with Gasteiger partial charge in [-0.3, -0.25) is 9.59 Å². The van der Waals surface area contributed by atoms with Crippen LogP contribution in [-0.2, 0) is 9.59 Å². The van der Waals surface area contributed by atoms with Crippen molar-refractivity contribution in [3.8, 4) is 17.2 Å². The SMILES string of the molecule is COc1ccc(OCC(=O)N2CCN(C(=O)COc3ccc(C)cc3)CC2)cc1. The van der Waals surface area contributed by atoms with E-state index < -0.39 is 0 Å². The fourth-order valence-electron chi connectivity index (χ4n) is 2.98. The summed E-state index contributed by atoms with van der Waals surface area (Å²) in [5.74, 6) is 1.85. The van der Waals surface area contributed by atoms with Gasteiger partial charge in [0.1, 0.15) is 17.2 Å². The van der Waals surface area contributed by atoms with Crippen LogP contribution in [0.15, 0.2) is 48.5 Å². The molecule has 0 N–H and O–H groups in total. The molecule has 0 aliphatic carbocycles. The van der Waals surface area contributed by atoms with Crippen LogP contribution in [-0.4, -0.2) is 68.1 Å². The molecular formula is C22H26N2O5. The summed E-state index contributed by atoms with van der Waals surface area (Å²) in [6.07, 6.45) is 0. The molecule has 0 bridgehead atoms. The fourth-order valence-corrected chi connectivity index (χ4v) is 2.98. The van der Waals surface area contributed by atoms with E-state index in [1.807, 2.05) is 31.2 Å². The molecule has 2 amide bonds. The van der Waals surface area contributed by atoms with Crippen LogP contribution in [0.5, 0.6) is 17.2 Å². The molecule has 0 atom stereocenters. The molecule has 0 aromatic heterocycles. The third-order valence-corrected chi connectivity index (χ3v) is 4.79. The predicted molar refractivity (Wildman–Crippen MR) is 108 cm³/mol. The molecule has 1 aliphatic rings. The number of rotatable bonds is 7. The molecule has 0 saturated carbocycles. The van der Waals surface area contributed by atoms with E-state index in [4.69, 9.17) is 14.2 Å². The molecule has 7 heteroatoms. The smallest absolute Gasteiger partial charge is 0.260 e. The first kappa shape index (κ1) is 20.5. The lowest BCUT2D eigenvalue weighted by atomic mass is 10.2. The molecule has 2 aromatic rings. The third-order valence-electron chi connectivity index (χ3n) is 4.79. The lowest BCUT2D eigenvalue weighted by Crippen LogP contribution is -2.52. The summed E-state index contributed by atoms with van der Waals surface area (Å²) in [5, 5.41) is 0. The molecule has 29 heavy (non-hydrogen) atoms. The average Bonchev–Trinajstić information content (AvgIpc) is 2.77. The highest BCUT2D eigenvalue weighted by Gasteiger charge is 2.24. The fraction of sp³-hybridized carbons (Fsp3) is 0.364. The second kappa shape index (κ2) is 9.82. The van der Waals surface area contributed by atoms with Crippen LogP contribution in [0, 0.1) is 6.92 Å². The lowest BCUT2D eigenvalue weighted by molar-refractivity contribution is -0.141. The number of carbonyl (C=O) groups excluding carboxylic acids is 2. The standard InChI is InChI=1S/C22H26N2O5/c1-17-3-5-19(6-4-17)28-15-21(25)23-11-13-24(14-12-23)22(26)16-29-20-9-7-18(27-2)8-10-20/h3-10H,11-16H2,1-2H3. The zero-order chi connectivity index (χ0) is 20.6. The topological polar surface area (TPSA) is 68.3 Å². The monoisotopic (exact) mass is 398 g/mol. The molecule has 0 radical (unpaired) electrons. The third kappa shape index (κ3) is 5.88. The highest BCUT2D eigenvalue weighted by atomic mass is 16.5. The summed E-state index contributed by atoms with van der Waals surface area (Å²) in [7, 11) is 1.60. The second-order valence-electron chi connectivity index (χ2n) is 6.83. The quantitative estimate of drug-likeness (QED) is 0.715. The van der Waals surface area contributed by atoms with Gasteiger partial charge in [0.15, 0.2) is 13.2 Å². The number of aryl methyl sites for hydroxylation is 1. The number of methoxy groups -OCH3 is 1. The van der Waals surface area contributed by atoms with Crippen LogP contribution < -0.4 is 14.2 Å². The van der Waals surface area contributed by atoms with Crippen LogP contribution in [0.4, 0.5) is 0 Å². The number of ether oxygens (including phenoxy) is 3. The molecule has 2 aromatic carbocycles. The summed E-state index contributed by atoms with van der Waals surface area (Å²) < 4.78 is 16.2. The Morgan fingerprint density at radius 3 is 1.52 bits per heavy atom. The Bertz CT molecular complexity index is 812. The summed E-state index contributed by atoms with van der Waals surface area (Å²) in [5.41, 5.74) is 1.14. The summed E-state index contributed by atoms with van der Waals surface area (Å²) in [6, 6.07) is 14.7. The van der Waals surface area contributed by atoms with Crippen molar-refractivity contribution in [2.75, 3.05) is 46.5 Å². The van der Waals surface area contributed by atoms with E-state index in [1.165, 1.54) is 0 Å². The van der Waals surface area contributed by atoms with Crippen LogP contribution >= 0.6 is 0 Å². The Balaban J connectivity index is 1.38. The van der Waals surface area contributed by atoms with Crippen molar-refractivity contribution in [3.63, 3.8) is 0 Å². The summed E-state index contributed by atoms with van der Waals surface area (Å²) in [4.78, 5) is 28.1. The van der Waals surface area contributed by atoms with Gasteiger partial charge in [-0.05, 0) is 43.3 Å². The second-order valence-corrected chi connectivity index (χ2v) is 6.83. The first-order chi connectivity index (χ1) is 14.0. The van der Waals surface area contributed by atoms with E-state index in [-0.39, 0.29) is 25.0 Å². The molecule has 3 rings (SSSR count). The highest BCUT2D eigenvalue weighted by Crippen LogP contribution is 2.17. The molecule has 7 nitrogen and oxygen atoms in total. The molecule has 0 spiro atoms. The Hall–Kier alpha value is -3.22. The van der Waals surface area contributed by atoms with E-state index in [9.17, 15) is 9.59 Å². The Labute approximate surface area is 170 Å². The van der Waals surface area contributed by atoms with Gasteiger partial charge in [-0.15, -0.1) is 0 Å². The first-order valence-electron chi connectivity index (χ1n) is 9.57. The number of benzene rings is 2. The summed E-state index contributed by atoms with van der Waals surface area (Å²) in [6.45, 7) is 3.92. The average molecular weight is 398 g/mol. The van der Waals surface area contributed by atoms with Crippen molar-refractivity contribution >= 4 is 11.8 Å². The number of nitrogens with zero attached hydrogens (tertiary/aromatic N) is 2. The van der Waals surface area contributed by atoms with Gasteiger partial charge in [0, 0.05) is 26.2 Å². The van der Waals surface area contributed by atoms with Gasteiger partial charge < -0.3 is 24.0 Å². The maximum Gasteiger partial charge on any atom is 0.260 e. The van der Waals surface area contributed by atoms with Crippen molar-refractivity contribution in [1.29, 1.82) is 0 Å². The zero-order valence-electron chi connectivity index (χ0n) is 16.8. The van der Waals surface area contributed by atoms with Crippen molar-refractivity contribution in [2.45, 2.75) is 6.92 Å². The van der Waals surface area contributed by atoms with Crippen molar-refractivity contribution in [2.24, 2.45) is 0 Å². The van der Waals surface area contributed by atoms with Gasteiger partial charge in [0.25, 0.3) is 11.8 Å². The molecular weight excluding hydrogens is 372 g/mol. The summed E-state index contributed by atoms with van der Waals surface area (Å²) >= 11 is 0. The number of amides is 2. The van der Waals surface area contributed by atoms with E-state index in [2.05, 4.69) is 0 Å². The van der Waals surface area contributed by atoms with Crippen LogP contribution in [0.25, 0.3) is 0 Å². The predicted octanol–water partition coefficient (Wildman–Crippen LogP) is 2.13. The number of carbonyl (C=O) groups is 2. The maximum absolute atomic E-state index is 12.4.